The Hall–Kier alpha value is -1.87. The van der Waals surface area contributed by atoms with E-state index in [9.17, 15) is 13.2 Å². The Morgan fingerprint density at radius 1 is 1.00 bits per heavy atom. The number of anilines is 1. The molecule has 1 amide bonds. The summed E-state index contributed by atoms with van der Waals surface area (Å²) in [6.07, 6.45) is 0. The lowest BCUT2D eigenvalue weighted by Crippen LogP contribution is -2.54. The van der Waals surface area contributed by atoms with Crippen LogP contribution in [0.25, 0.3) is 0 Å². The van der Waals surface area contributed by atoms with Gasteiger partial charge in [-0.2, -0.15) is 4.31 Å². The molecule has 0 radical (unpaired) electrons. The molecule has 4 rings (SSSR count). The largest absolute Gasteiger partial charge is 0.323 e. The van der Waals surface area contributed by atoms with E-state index in [1.54, 1.807) is 12.1 Å². The van der Waals surface area contributed by atoms with E-state index in [4.69, 9.17) is 0 Å². The van der Waals surface area contributed by atoms with Crippen LogP contribution in [0.1, 0.15) is 5.56 Å². The van der Waals surface area contributed by atoms with Crippen molar-refractivity contribution in [1.82, 2.24) is 9.21 Å². The fraction of sp³-hybridized carbons (Fsp3) is 0.316. The molecule has 1 atom stereocenters. The monoisotopic (exact) mass is 403 g/mol. The minimum absolute atomic E-state index is 0.0476. The second-order valence-electron chi connectivity index (χ2n) is 6.71. The lowest BCUT2D eigenvalue weighted by molar-refractivity contribution is -0.118. The maximum atomic E-state index is 12.8. The molecule has 0 spiro atoms. The zero-order valence-corrected chi connectivity index (χ0v) is 16.6. The highest BCUT2D eigenvalue weighted by molar-refractivity contribution is 8.00. The van der Waals surface area contributed by atoms with Crippen LogP contribution in [-0.4, -0.2) is 55.1 Å². The summed E-state index contributed by atoms with van der Waals surface area (Å²) in [5, 5.41) is 2.62. The molecule has 1 N–H and O–H groups in total. The van der Waals surface area contributed by atoms with Gasteiger partial charge in [-0.05, 0) is 31.2 Å². The summed E-state index contributed by atoms with van der Waals surface area (Å²) in [5.74, 6) is -0.0476. The zero-order valence-electron chi connectivity index (χ0n) is 15.0. The van der Waals surface area contributed by atoms with Crippen LogP contribution < -0.4 is 5.32 Å². The van der Waals surface area contributed by atoms with Crippen LogP contribution in [0.4, 0.5) is 5.69 Å². The maximum absolute atomic E-state index is 12.8. The Kier molecular flexibility index (Phi) is 4.98. The Morgan fingerprint density at radius 2 is 1.67 bits per heavy atom. The first-order valence-corrected chi connectivity index (χ1v) is 11.1. The lowest BCUT2D eigenvalue weighted by Gasteiger charge is -2.39. The molecule has 0 bridgehead atoms. The molecule has 1 fully saturated rings. The van der Waals surface area contributed by atoms with Gasteiger partial charge in [0, 0.05) is 31.1 Å². The second kappa shape index (κ2) is 7.27. The van der Waals surface area contributed by atoms with Crippen LogP contribution in [0.15, 0.2) is 58.3 Å². The number of nitrogens with zero attached hydrogens (tertiary/aromatic N) is 2. The van der Waals surface area contributed by atoms with Crippen molar-refractivity contribution < 1.29 is 13.2 Å². The summed E-state index contributed by atoms with van der Waals surface area (Å²) >= 11 is 1.52. The third-order valence-corrected chi connectivity index (χ3v) is 8.13. The van der Waals surface area contributed by atoms with Crippen LogP contribution >= 0.6 is 11.8 Å². The number of hydrogen-bond donors (Lipinski definition) is 1. The van der Waals surface area contributed by atoms with Crippen molar-refractivity contribution in [3.63, 3.8) is 0 Å². The van der Waals surface area contributed by atoms with Crippen molar-refractivity contribution in [3.05, 3.63) is 54.1 Å². The first-order valence-electron chi connectivity index (χ1n) is 8.82. The van der Waals surface area contributed by atoms with Crippen LogP contribution in [0.2, 0.25) is 0 Å². The van der Waals surface area contributed by atoms with E-state index in [0.29, 0.717) is 31.1 Å². The molecule has 2 aromatic rings. The van der Waals surface area contributed by atoms with Crippen LogP contribution in [-0.2, 0) is 14.8 Å². The molecule has 6 nitrogen and oxygen atoms in total. The quantitative estimate of drug-likeness (QED) is 0.852. The number of piperazine rings is 1. The van der Waals surface area contributed by atoms with E-state index >= 15 is 0 Å². The summed E-state index contributed by atoms with van der Waals surface area (Å²) in [5.41, 5.74) is 1.86. The van der Waals surface area contributed by atoms with Crippen molar-refractivity contribution in [2.75, 3.05) is 31.5 Å². The zero-order chi connectivity index (χ0) is 19.0. The standard InChI is InChI=1S/C19H21N3O3S2/c1-14-6-8-15(9-7-14)27(24,25)22-12-10-21(11-13-22)19-18(23)20-16-4-2-3-5-17(16)26-19/h2-9,19H,10-13H2,1H3,(H,20,23). The number of amides is 1. The highest BCUT2D eigenvalue weighted by Crippen LogP contribution is 2.37. The Bertz CT molecular complexity index is 952. The van der Waals surface area contributed by atoms with Gasteiger partial charge in [0.1, 0.15) is 5.37 Å². The third kappa shape index (κ3) is 3.62. The van der Waals surface area contributed by atoms with Gasteiger partial charge in [0.05, 0.1) is 10.6 Å². The summed E-state index contributed by atoms with van der Waals surface area (Å²) in [6.45, 7) is 3.74. The molecule has 0 saturated carbocycles. The Balaban J connectivity index is 1.45. The number of nitrogens with one attached hydrogen (secondary N) is 1. The Morgan fingerprint density at radius 3 is 2.37 bits per heavy atom. The number of rotatable bonds is 3. The van der Waals surface area contributed by atoms with Crippen molar-refractivity contribution in [3.8, 4) is 0 Å². The SMILES string of the molecule is Cc1ccc(S(=O)(=O)N2CCN(C3Sc4ccccc4NC3=O)CC2)cc1. The average Bonchev–Trinajstić information content (AvgIpc) is 2.68. The van der Waals surface area contributed by atoms with Gasteiger partial charge in [-0.3, -0.25) is 9.69 Å². The number of sulfonamides is 1. The van der Waals surface area contributed by atoms with Gasteiger partial charge in [-0.1, -0.05) is 41.6 Å². The fourth-order valence-corrected chi connectivity index (χ4v) is 5.91. The molecule has 2 aliphatic heterocycles. The number of fused-ring (bicyclic) bond motifs is 1. The number of thioether (sulfide) groups is 1. The van der Waals surface area contributed by atoms with Crippen molar-refractivity contribution in [1.29, 1.82) is 0 Å². The van der Waals surface area contributed by atoms with Gasteiger partial charge in [0.15, 0.2) is 0 Å². The van der Waals surface area contributed by atoms with Gasteiger partial charge in [-0.25, -0.2) is 8.42 Å². The smallest absolute Gasteiger partial charge is 0.252 e. The van der Waals surface area contributed by atoms with Gasteiger partial charge in [0.2, 0.25) is 10.0 Å². The van der Waals surface area contributed by atoms with Crippen molar-refractivity contribution in [2.45, 2.75) is 22.1 Å². The van der Waals surface area contributed by atoms with Crippen LogP contribution in [0.5, 0.6) is 0 Å². The summed E-state index contributed by atoms with van der Waals surface area (Å²) in [6, 6.07) is 14.7. The molecule has 2 heterocycles. The molecule has 142 valence electrons. The summed E-state index contributed by atoms with van der Waals surface area (Å²) in [4.78, 5) is 15.9. The van der Waals surface area contributed by atoms with Crippen molar-refractivity contribution >= 4 is 33.4 Å². The van der Waals surface area contributed by atoms with Gasteiger partial charge in [-0.15, -0.1) is 0 Å². The lowest BCUT2D eigenvalue weighted by atomic mass is 10.2. The summed E-state index contributed by atoms with van der Waals surface area (Å²) < 4.78 is 27.2. The molecule has 2 aliphatic rings. The third-order valence-electron chi connectivity index (χ3n) is 4.87. The van der Waals surface area contributed by atoms with Gasteiger partial charge >= 0.3 is 0 Å². The molecular weight excluding hydrogens is 382 g/mol. The maximum Gasteiger partial charge on any atom is 0.252 e. The van der Waals surface area contributed by atoms with E-state index in [2.05, 4.69) is 10.2 Å². The topological polar surface area (TPSA) is 69.7 Å². The number of hydrogen-bond acceptors (Lipinski definition) is 5. The molecule has 27 heavy (non-hydrogen) atoms. The number of aryl methyl sites for hydroxylation is 1. The van der Waals surface area contributed by atoms with Crippen molar-refractivity contribution in [2.24, 2.45) is 0 Å². The molecule has 0 aliphatic carbocycles. The molecule has 1 saturated heterocycles. The minimum Gasteiger partial charge on any atom is -0.323 e. The number of carbonyl (C=O) groups excluding carboxylic acids is 1. The van der Waals surface area contributed by atoms with E-state index in [1.807, 2.05) is 43.3 Å². The first kappa shape index (κ1) is 18.5. The first-order chi connectivity index (χ1) is 12.9. The van der Waals surface area contributed by atoms with Gasteiger partial charge in [0.25, 0.3) is 5.91 Å². The molecular formula is C19H21N3O3S2. The number of carbonyl (C=O) groups is 1. The highest BCUT2D eigenvalue weighted by atomic mass is 32.2. The normalized spacial score (nSPS) is 21.5. The Labute approximate surface area is 163 Å². The minimum atomic E-state index is -3.50. The van der Waals surface area contributed by atoms with E-state index in [0.717, 1.165) is 16.1 Å². The predicted molar refractivity (Wildman–Crippen MR) is 106 cm³/mol. The number of para-hydroxylation sites is 1. The predicted octanol–water partition coefficient (Wildman–Crippen LogP) is 2.37. The van der Waals surface area contributed by atoms with E-state index in [-0.39, 0.29) is 11.3 Å². The summed E-state index contributed by atoms with van der Waals surface area (Å²) in [7, 11) is -3.50. The van der Waals surface area contributed by atoms with Crippen LogP contribution in [0, 0.1) is 6.92 Å². The molecule has 1 unspecified atom stereocenters. The molecule has 0 aromatic heterocycles. The highest BCUT2D eigenvalue weighted by Gasteiger charge is 2.36. The van der Waals surface area contributed by atoms with Gasteiger partial charge < -0.3 is 5.32 Å². The molecule has 8 heteroatoms. The second-order valence-corrected chi connectivity index (χ2v) is 9.77. The van der Waals surface area contributed by atoms with E-state index in [1.165, 1.54) is 16.1 Å². The van der Waals surface area contributed by atoms with Crippen LogP contribution in [0.3, 0.4) is 0 Å². The number of benzene rings is 2. The average molecular weight is 404 g/mol. The molecule has 2 aromatic carbocycles. The fourth-order valence-electron chi connectivity index (χ4n) is 3.32. The van der Waals surface area contributed by atoms with E-state index < -0.39 is 10.0 Å².